The molecule has 232 valence electrons. The smallest absolute Gasteiger partial charge is 0.321 e. The molecule has 1 aromatic heterocycles. The van der Waals surface area contributed by atoms with Gasteiger partial charge in [-0.25, -0.2) is 9.78 Å². The molecule has 3 N–H and O–H groups in total. The Morgan fingerprint density at radius 2 is 1.93 bits per heavy atom. The molecule has 2 heterocycles. The molecule has 43 heavy (non-hydrogen) atoms. The molecule has 4 rings (SSSR count). The number of urea groups is 1. The number of methoxy groups -OCH3 is 1. The summed E-state index contributed by atoms with van der Waals surface area (Å²) in [5.41, 5.74) is 1.30. The molecule has 0 unspecified atom stereocenters. The molecule has 0 fully saturated rings. The van der Waals surface area contributed by atoms with Crippen molar-refractivity contribution in [3.63, 3.8) is 0 Å². The third kappa shape index (κ3) is 7.76. The van der Waals surface area contributed by atoms with Gasteiger partial charge in [-0.05, 0) is 49.4 Å². The molecule has 13 nitrogen and oxygen atoms in total. The van der Waals surface area contributed by atoms with Crippen LogP contribution in [0.1, 0.15) is 19.4 Å². The molecule has 2 aromatic carbocycles. The normalized spacial score (nSPS) is 17.9. The van der Waals surface area contributed by atoms with E-state index in [9.17, 15) is 23.1 Å². The van der Waals surface area contributed by atoms with E-state index in [2.05, 4.69) is 15.0 Å². The highest BCUT2D eigenvalue weighted by Gasteiger charge is 2.32. The largest absolute Gasteiger partial charge is 0.497 e. The minimum atomic E-state index is -3.97. The standard InChI is InChI=1S/C29H38N6O7S/c1-19-14-35(20(2)17-36)28(37)13-21-12-23(32-43(39,40)27-16-33(3)18-30-27)8-11-25(21)42-26(19)15-34(4)29(38)31-22-6-9-24(41-5)10-7-22/h6-12,16,18-20,26,32,36H,13-15,17H2,1-5H3,(H,31,38)/t19-,20+,26-/m0/s1. The van der Waals surface area contributed by atoms with Crippen molar-refractivity contribution >= 4 is 33.3 Å². The molecule has 0 radical (unpaired) electrons. The van der Waals surface area contributed by atoms with Gasteiger partial charge in [0.1, 0.15) is 17.6 Å². The fraction of sp³-hybridized carbons (Fsp3) is 0.414. The number of carbonyl (C=O) groups is 2. The molecule has 0 spiro atoms. The number of aliphatic hydroxyl groups is 1. The molecule has 3 aromatic rings. The van der Waals surface area contributed by atoms with Gasteiger partial charge in [0.25, 0.3) is 10.0 Å². The van der Waals surface area contributed by atoms with Crippen LogP contribution >= 0.6 is 0 Å². The number of aliphatic hydroxyl groups excluding tert-OH is 1. The Labute approximate surface area is 251 Å². The van der Waals surface area contributed by atoms with Gasteiger partial charge < -0.3 is 34.3 Å². The van der Waals surface area contributed by atoms with Crippen molar-refractivity contribution in [2.75, 3.05) is 43.9 Å². The SMILES string of the molecule is COc1ccc(NC(=O)N(C)C[C@@H]2Oc3ccc(NS(=O)(=O)c4cn(C)cn4)cc3CC(=O)N([C@H](C)CO)C[C@@H]2C)cc1. The van der Waals surface area contributed by atoms with Gasteiger partial charge in [-0.3, -0.25) is 9.52 Å². The van der Waals surface area contributed by atoms with E-state index >= 15 is 0 Å². The van der Waals surface area contributed by atoms with Crippen LogP contribution in [0.2, 0.25) is 0 Å². The second-order valence-electron chi connectivity index (χ2n) is 10.7. The van der Waals surface area contributed by atoms with E-state index in [4.69, 9.17) is 9.47 Å². The summed E-state index contributed by atoms with van der Waals surface area (Å²) in [6.07, 6.45) is 2.15. The first-order chi connectivity index (χ1) is 20.4. The number of aryl methyl sites for hydroxylation is 1. The van der Waals surface area contributed by atoms with Gasteiger partial charge in [-0.2, -0.15) is 8.42 Å². The second kappa shape index (κ2) is 13.3. The van der Waals surface area contributed by atoms with Crippen molar-refractivity contribution in [3.8, 4) is 11.5 Å². The van der Waals surface area contributed by atoms with Gasteiger partial charge in [-0.15, -0.1) is 0 Å². The van der Waals surface area contributed by atoms with Crippen LogP contribution < -0.4 is 19.5 Å². The lowest BCUT2D eigenvalue weighted by Crippen LogP contribution is -2.48. The molecule has 3 amide bonds. The molecule has 1 aliphatic heterocycles. The van der Waals surface area contributed by atoms with Crippen molar-refractivity contribution < 1.29 is 32.6 Å². The third-order valence-corrected chi connectivity index (χ3v) is 8.53. The minimum absolute atomic E-state index is 0.0773. The number of hydrogen-bond acceptors (Lipinski definition) is 8. The molecular weight excluding hydrogens is 576 g/mol. The number of fused-ring (bicyclic) bond motifs is 1. The van der Waals surface area contributed by atoms with Crippen molar-refractivity contribution in [2.24, 2.45) is 13.0 Å². The Bertz CT molecular complexity index is 1540. The summed E-state index contributed by atoms with van der Waals surface area (Å²) in [5, 5.41) is 12.6. The number of amides is 3. The maximum absolute atomic E-state index is 13.5. The van der Waals surface area contributed by atoms with Crippen molar-refractivity contribution in [1.29, 1.82) is 0 Å². The van der Waals surface area contributed by atoms with Crippen LogP contribution in [0.5, 0.6) is 11.5 Å². The van der Waals surface area contributed by atoms with Gasteiger partial charge in [0.15, 0.2) is 5.03 Å². The van der Waals surface area contributed by atoms with E-state index in [1.165, 1.54) is 22.0 Å². The Kier molecular flexibility index (Phi) is 9.81. The summed E-state index contributed by atoms with van der Waals surface area (Å²) < 4.78 is 41.4. The summed E-state index contributed by atoms with van der Waals surface area (Å²) >= 11 is 0. The van der Waals surface area contributed by atoms with E-state index in [1.54, 1.807) is 75.5 Å². The first-order valence-corrected chi connectivity index (χ1v) is 15.2. The van der Waals surface area contributed by atoms with E-state index in [-0.39, 0.29) is 54.7 Å². The number of hydrogen-bond donors (Lipinski definition) is 3. The molecule has 14 heteroatoms. The number of aromatic nitrogens is 2. The lowest BCUT2D eigenvalue weighted by molar-refractivity contribution is -0.134. The Morgan fingerprint density at radius 1 is 1.23 bits per heavy atom. The van der Waals surface area contributed by atoms with E-state index < -0.39 is 22.2 Å². The van der Waals surface area contributed by atoms with Crippen LogP contribution in [0.25, 0.3) is 0 Å². The van der Waals surface area contributed by atoms with Crippen LogP contribution in [0.4, 0.5) is 16.2 Å². The molecule has 0 saturated carbocycles. The number of benzene rings is 2. The number of carbonyl (C=O) groups excluding carboxylic acids is 2. The number of sulfonamides is 1. The molecule has 0 bridgehead atoms. The number of imidazole rings is 1. The number of rotatable bonds is 9. The summed E-state index contributed by atoms with van der Waals surface area (Å²) in [5.74, 6) is 0.590. The zero-order valence-electron chi connectivity index (χ0n) is 24.9. The number of ether oxygens (including phenoxy) is 2. The minimum Gasteiger partial charge on any atom is -0.497 e. The first kappa shape index (κ1) is 31.6. The van der Waals surface area contributed by atoms with Crippen LogP contribution in [-0.4, -0.2) is 90.8 Å². The predicted molar refractivity (Wildman–Crippen MR) is 161 cm³/mol. The molecule has 1 aliphatic rings. The number of anilines is 2. The fourth-order valence-corrected chi connectivity index (χ4v) is 5.72. The Balaban J connectivity index is 1.59. The quantitative estimate of drug-likeness (QED) is 0.332. The lowest BCUT2D eigenvalue weighted by atomic mass is 10.0. The first-order valence-electron chi connectivity index (χ1n) is 13.8. The van der Waals surface area contributed by atoms with Gasteiger partial charge in [0.05, 0.1) is 39.1 Å². The highest BCUT2D eigenvalue weighted by Crippen LogP contribution is 2.30. The zero-order chi connectivity index (χ0) is 31.3. The molecule has 3 atom stereocenters. The Hall–Kier alpha value is -4.30. The fourth-order valence-electron chi connectivity index (χ4n) is 4.69. The molecular formula is C29H38N6O7S. The van der Waals surface area contributed by atoms with Crippen LogP contribution in [0.3, 0.4) is 0 Å². The maximum atomic E-state index is 13.5. The maximum Gasteiger partial charge on any atom is 0.321 e. The van der Waals surface area contributed by atoms with Crippen LogP contribution in [0.15, 0.2) is 60.0 Å². The average Bonchev–Trinajstić information content (AvgIpc) is 3.44. The second-order valence-corrected chi connectivity index (χ2v) is 12.4. The van der Waals surface area contributed by atoms with Crippen molar-refractivity contribution in [3.05, 3.63) is 60.6 Å². The van der Waals surface area contributed by atoms with E-state index in [0.717, 1.165) is 0 Å². The topological polar surface area (TPSA) is 155 Å². The predicted octanol–water partition coefficient (Wildman–Crippen LogP) is 2.54. The van der Waals surface area contributed by atoms with E-state index in [1.807, 2.05) is 6.92 Å². The number of nitrogens with zero attached hydrogens (tertiary/aromatic N) is 4. The summed E-state index contributed by atoms with van der Waals surface area (Å²) in [4.78, 5) is 33.5. The highest BCUT2D eigenvalue weighted by atomic mass is 32.2. The average molecular weight is 615 g/mol. The summed E-state index contributed by atoms with van der Waals surface area (Å²) in [7, 11) is 0.913. The van der Waals surface area contributed by atoms with Gasteiger partial charge in [0, 0.05) is 49.7 Å². The third-order valence-electron chi connectivity index (χ3n) is 7.27. The summed E-state index contributed by atoms with van der Waals surface area (Å²) in [6.45, 7) is 3.92. The van der Waals surface area contributed by atoms with Gasteiger partial charge in [0.2, 0.25) is 5.91 Å². The highest BCUT2D eigenvalue weighted by molar-refractivity contribution is 7.92. The van der Waals surface area contributed by atoms with Crippen LogP contribution in [-0.2, 0) is 28.3 Å². The number of nitrogens with one attached hydrogen (secondary N) is 2. The van der Waals surface area contributed by atoms with Gasteiger partial charge >= 0.3 is 6.03 Å². The monoisotopic (exact) mass is 614 g/mol. The molecule has 0 aliphatic carbocycles. The van der Waals surface area contributed by atoms with Crippen molar-refractivity contribution in [2.45, 2.75) is 37.4 Å². The number of likely N-dealkylation sites (N-methyl/N-ethyl adjacent to an activating group) is 1. The summed E-state index contributed by atoms with van der Waals surface area (Å²) in [6, 6.07) is 10.9. The van der Waals surface area contributed by atoms with Crippen molar-refractivity contribution in [1.82, 2.24) is 19.4 Å². The zero-order valence-corrected chi connectivity index (χ0v) is 25.7. The Morgan fingerprint density at radius 3 is 2.56 bits per heavy atom. The van der Waals surface area contributed by atoms with Crippen LogP contribution in [0, 0.1) is 5.92 Å². The van der Waals surface area contributed by atoms with E-state index in [0.29, 0.717) is 22.7 Å². The lowest BCUT2D eigenvalue weighted by Gasteiger charge is -2.34. The van der Waals surface area contributed by atoms with Gasteiger partial charge in [-0.1, -0.05) is 6.92 Å². The molecule has 0 saturated heterocycles.